The van der Waals surface area contributed by atoms with E-state index in [1.165, 1.54) is 0 Å². The van der Waals surface area contributed by atoms with Gasteiger partial charge in [-0.25, -0.2) is 0 Å². The van der Waals surface area contributed by atoms with Crippen molar-refractivity contribution in [3.8, 4) is 0 Å². The molecule has 1 aromatic heterocycles. The van der Waals surface area contributed by atoms with E-state index in [9.17, 15) is 0 Å². The molecule has 0 spiro atoms. The lowest BCUT2D eigenvalue weighted by Crippen LogP contribution is -1.79. The van der Waals surface area contributed by atoms with Crippen LogP contribution in [0.3, 0.4) is 0 Å². The molecule has 0 aliphatic heterocycles. The SMILES string of the molecule is NC=S.c1cn[nH]c1. The van der Waals surface area contributed by atoms with Crippen LogP contribution < -0.4 is 5.73 Å². The van der Waals surface area contributed by atoms with Crippen LogP contribution in [-0.2, 0) is 0 Å². The summed E-state index contributed by atoms with van der Waals surface area (Å²) in [5.41, 5.74) is 5.62. The minimum absolute atomic E-state index is 1.08. The van der Waals surface area contributed by atoms with Crippen molar-refractivity contribution in [2.45, 2.75) is 0 Å². The van der Waals surface area contributed by atoms with E-state index in [1.807, 2.05) is 6.07 Å². The zero-order valence-electron chi connectivity index (χ0n) is 4.24. The molecular weight excluding hydrogens is 122 g/mol. The Morgan fingerprint density at radius 2 is 2.38 bits per heavy atom. The lowest BCUT2D eigenvalue weighted by atomic mass is 10.8. The molecule has 0 atom stereocenters. The maximum atomic E-state index is 4.54. The molecule has 0 aliphatic rings. The largest absolute Gasteiger partial charge is 0.396 e. The van der Waals surface area contributed by atoms with Crippen molar-refractivity contribution in [2.24, 2.45) is 5.73 Å². The van der Waals surface area contributed by atoms with Crippen molar-refractivity contribution in [1.82, 2.24) is 10.2 Å². The zero-order chi connectivity index (χ0) is 6.24. The molecule has 4 heteroatoms. The van der Waals surface area contributed by atoms with Crippen LogP contribution in [0.5, 0.6) is 0 Å². The molecule has 0 aliphatic carbocycles. The number of hydrogen-bond acceptors (Lipinski definition) is 2. The number of hydrogen-bond donors (Lipinski definition) is 2. The lowest BCUT2D eigenvalue weighted by Gasteiger charge is -1.49. The smallest absolute Gasteiger partial charge is 0.0588 e. The Labute approximate surface area is 52.9 Å². The van der Waals surface area contributed by atoms with E-state index in [0.717, 1.165) is 5.49 Å². The second-order valence-electron chi connectivity index (χ2n) is 0.902. The molecule has 0 aromatic carbocycles. The van der Waals surface area contributed by atoms with Crippen LogP contribution in [-0.4, -0.2) is 15.7 Å². The monoisotopic (exact) mass is 129 g/mol. The first-order valence-electron chi connectivity index (χ1n) is 2.01. The summed E-state index contributed by atoms with van der Waals surface area (Å²) in [6.45, 7) is 0. The third-order valence-electron chi connectivity index (χ3n) is 0.406. The van der Waals surface area contributed by atoms with Gasteiger partial charge in [-0.2, -0.15) is 5.10 Å². The molecule has 3 nitrogen and oxygen atoms in total. The van der Waals surface area contributed by atoms with E-state index in [1.54, 1.807) is 12.4 Å². The number of aromatic amines is 1. The van der Waals surface area contributed by atoms with Crippen LogP contribution in [0, 0.1) is 0 Å². The fraction of sp³-hybridized carbons (Fsp3) is 0. The highest BCUT2D eigenvalue weighted by atomic mass is 32.1. The summed E-state index contributed by atoms with van der Waals surface area (Å²) >= 11 is 4.05. The average molecular weight is 129 g/mol. The Balaban J connectivity index is 0.000000145. The third kappa shape index (κ3) is 5.10. The van der Waals surface area contributed by atoms with E-state index in [4.69, 9.17) is 0 Å². The molecule has 0 bridgehead atoms. The first-order valence-corrected chi connectivity index (χ1v) is 2.48. The van der Waals surface area contributed by atoms with Gasteiger partial charge in [0.05, 0.1) is 5.49 Å². The highest BCUT2D eigenvalue weighted by Gasteiger charge is 1.56. The van der Waals surface area contributed by atoms with E-state index >= 15 is 0 Å². The summed E-state index contributed by atoms with van der Waals surface area (Å²) in [6, 6.07) is 1.83. The molecule has 0 radical (unpaired) electrons. The third-order valence-corrected chi connectivity index (χ3v) is 0.406. The summed E-state index contributed by atoms with van der Waals surface area (Å²) in [5.74, 6) is 0. The van der Waals surface area contributed by atoms with Crippen LogP contribution in [0.1, 0.15) is 0 Å². The summed E-state index contributed by atoms with van der Waals surface area (Å²) in [7, 11) is 0. The summed E-state index contributed by atoms with van der Waals surface area (Å²) in [6.07, 6.45) is 3.46. The summed E-state index contributed by atoms with van der Waals surface area (Å²) < 4.78 is 0. The molecule has 44 valence electrons. The number of thiocarbonyl (C=S) groups is 1. The van der Waals surface area contributed by atoms with Crippen molar-refractivity contribution >= 4 is 17.7 Å². The fourth-order valence-corrected chi connectivity index (χ4v) is 0.215. The molecule has 0 unspecified atom stereocenters. The Hall–Kier alpha value is -0.900. The van der Waals surface area contributed by atoms with E-state index in [2.05, 4.69) is 28.1 Å². The van der Waals surface area contributed by atoms with Gasteiger partial charge in [0.25, 0.3) is 0 Å². The second-order valence-corrected chi connectivity index (χ2v) is 1.17. The maximum Gasteiger partial charge on any atom is 0.0588 e. The molecular formula is C4H7N3S. The quantitative estimate of drug-likeness (QED) is 0.496. The topological polar surface area (TPSA) is 54.7 Å². The van der Waals surface area contributed by atoms with Gasteiger partial charge < -0.3 is 5.73 Å². The van der Waals surface area contributed by atoms with Crippen molar-refractivity contribution in [2.75, 3.05) is 0 Å². The van der Waals surface area contributed by atoms with E-state index in [0.29, 0.717) is 0 Å². The number of H-pyrrole nitrogens is 1. The van der Waals surface area contributed by atoms with Crippen molar-refractivity contribution in [3.05, 3.63) is 18.5 Å². The molecule has 0 amide bonds. The van der Waals surface area contributed by atoms with Crippen LogP contribution >= 0.6 is 12.2 Å². The predicted molar refractivity (Wildman–Crippen MR) is 36.4 cm³/mol. The lowest BCUT2D eigenvalue weighted by molar-refractivity contribution is 1.09. The Morgan fingerprint density at radius 3 is 2.50 bits per heavy atom. The van der Waals surface area contributed by atoms with Crippen LogP contribution in [0.2, 0.25) is 0 Å². The van der Waals surface area contributed by atoms with Crippen molar-refractivity contribution in [3.63, 3.8) is 0 Å². The van der Waals surface area contributed by atoms with Gasteiger partial charge in [-0.05, 0) is 6.07 Å². The predicted octanol–water partition coefficient (Wildman–Crippen LogP) is 0.312. The van der Waals surface area contributed by atoms with Crippen molar-refractivity contribution < 1.29 is 0 Å². The van der Waals surface area contributed by atoms with Crippen LogP contribution in [0.4, 0.5) is 0 Å². The zero-order valence-corrected chi connectivity index (χ0v) is 5.06. The van der Waals surface area contributed by atoms with Gasteiger partial charge in [-0.1, -0.05) is 12.2 Å². The minimum Gasteiger partial charge on any atom is -0.396 e. The van der Waals surface area contributed by atoms with Gasteiger partial charge in [-0.15, -0.1) is 0 Å². The van der Waals surface area contributed by atoms with Gasteiger partial charge in [0, 0.05) is 12.4 Å². The number of rotatable bonds is 0. The van der Waals surface area contributed by atoms with Gasteiger partial charge in [0.1, 0.15) is 0 Å². The Morgan fingerprint density at radius 1 is 1.75 bits per heavy atom. The standard InChI is InChI=1S/C3H4N2.CH3NS/c1-2-4-5-3-1;2-1-3/h1-3H,(H,4,5);1H,(H2,2,3). The molecule has 8 heavy (non-hydrogen) atoms. The number of aromatic nitrogens is 2. The van der Waals surface area contributed by atoms with Crippen LogP contribution in [0.15, 0.2) is 18.5 Å². The maximum absolute atomic E-state index is 4.54. The van der Waals surface area contributed by atoms with Crippen molar-refractivity contribution in [1.29, 1.82) is 0 Å². The molecule has 1 rings (SSSR count). The van der Waals surface area contributed by atoms with E-state index < -0.39 is 0 Å². The average Bonchev–Trinajstić information content (AvgIpc) is 2.17. The molecule has 0 saturated heterocycles. The van der Waals surface area contributed by atoms with E-state index in [-0.39, 0.29) is 0 Å². The number of nitrogens with two attached hydrogens (primary N) is 1. The summed E-state index contributed by atoms with van der Waals surface area (Å²) in [5, 5.41) is 6.21. The summed E-state index contributed by atoms with van der Waals surface area (Å²) in [4.78, 5) is 0. The minimum atomic E-state index is 1.08. The van der Waals surface area contributed by atoms with Gasteiger partial charge >= 0.3 is 0 Å². The number of nitrogens with zero attached hydrogens (tertiary/aromatic N) is 1. The fourth-order valence-electron chi connectivity index (χ4n) is 0.215. The normalized spacial score (nSPS) is 6.50. The first kappa shape index (κ1) is 7.10. The van der Waals surface area contributed by atoms with Gasteiger partial charge in [0.2, 0.25) is 0 Å². The molecule has 0 fully saturated rings. The highest BCUT2D eigenvalue weighted by molar-refractivity contribution is 7.78. The highest BCUT2D eigenvalue weighted by Crippen LogP contribution is 1.64. The second kappa shape index (κ2) is 6.10. The molecule has 3 N–H and O–H groups in total. The molecule has 0 saturated carbocycles. The van der Waals surface area contributed by atoms with Crippen LogP contribution in [0.25, 0.3) is 0 Å². The Bertz CT molecular complexity index is 97.6. The molecule has 1 heterocycles. The van der Waals surface area contributed by atoms with Gasteiger partial charge in [-0.3, -0.25) is 5.10 Å². The van der Waals surface area contributed by atoms with Gasteiger partial charge in [0.15, 0.2) is 0 Å². The Kier molecular flexibility index (Phi) is 5.41. The first-order chi connectivity index (χ1) is 3.91. The number of nitrogens with one attached hydrogen (secondary N) is 1. The molecule has 1 aromatic rings.